The number of imidazole rings is 1. The molecule has 7 nitrogen and oxygen atoms in total. The number of aromatic amines is 2. The largest absolute Gasteiger partial charge is 0.358 e. The number of nitrogens with one attached hydrogen (secondary N) is 3. The summed E-state index contributed by atoms with van der Waals surface area (Å²) in [7, 11) is 0. The predicted octanol–water partition coefficient (Wildman–Crippen LogP) is 7.28. The molecule has 0 bridgehead atoms. The van der Waals surface area contributed by atoms with Gasteiger partial charge in [0.05, 0.1) is 28.8 Å². The van der Waals surface area contributed by atoms with Crippen molar-refractivity contribution in [3.8, 4) is 34.6 Å². The lowest BCUT2D eigenvalue weighted by molar-refractivity contribution is 0.509. The quantitative estimate of drug-likeness (QED) is 0.200. The first kappa shape index (κ1) is 26.6. The molecule has 4 heterocycles. The number of hydrogen-bond acceptors (Lipinski definition) is 5. The van der Waals surface area contributed by atoms with Gasteiger partial charge in [-0.15, -0.1) is 5.92 Å². The van der Waals surface area contributed by atoms with E-state index in [1.807, 2.05) is 25.1 Å². The van der Waals surface area contributed by atoms with Gasteiger partial charge in [0.15, 0.2) is 11.5 Å². The molecule has 5 aromatic rings. The lowest BCUT2D eigenvalue weighted by Crippen LogP contribution is -2.15. The van der Waals surface area contributed by atoms with Crippen molar-refractivity contribution in [2.45, 2.75) is 34.6 Å². The molecule has 0 aliphatic carbocycles. The van der Waals surface area contributed by atoms with Crippen LogP contribution in [0.3, 0.4) is 0 Å². The fourth-order valence-corrected chi connectivity index (χ4v) is 4.13. The van der Waals surface area contributed by atoms with Gasteiger partial charge in [0.2, 0.25) is 0 Å². The van der Waals surface area contributed by atoms with Crippen molar-refractivity contribution in [3.63, 3.8) is 0 Å². The average molecular weight is 532 g/mol. The summed E-state index contributed by atoms with van der Waals surface area (Å²) in [6, 6.07) is 12.2. The Labute approximate surface area is 232 Å². The standard InChI is InChI=1S/C32H30FN7/c1-7-8-9-25(21-10-12-23(33)13-11-21)28-19(2)35-31(38-28)30-29-27(39-40-30)15-14-26(37-29)22-16-24(18-34-17-22)36-20(3)32(4,5)6/h9-18,36H,3H2,1-2,4-6H3,(H,35,38)(H,39,40)/b25-9-. The van der Waals surface area contributed by atoms with Crippen LogP contribution in [0, 0.1) is 30.0 Å². The van der Waals surface area contributed by atoms with Crippen molar-refractivity contribution < 1.29 is 4.39 Å². The lowest BCUT2D eigenvalue weighted by Gasteiger charge is -2.23. The van der Waals surface area contributed by atoms with Crippen LogP contribution in [0.4, 0.5) is 10.1 Å². The first-order chi connectivity index (χ1) is 19.1. The highest BCUT2D eigenvalue weighted by Crippen LogP contribution is 2.31. The van der Waals surface area contributed by atoms with Crippen LogP contribution in [0.15, 0.2) is 73.2 Å². The molecule has 3 N–H and O–H groups in total. The number of hydrogen-bond donors (Lipinski definition) is 3. The van der Waals surface area contributed by atoms with E-state index < -0.39 is 0 Å². The monoisotopic (exact) mass is 531 g/mol. The summed E-state index contributed by atoms with van der Waals surface area (Å²) in [6.45, 7) is 14.2. The minimum Gasteiger partial charge on any atom is -0.358 e. The normalized spacial score (nSPS) is 11.8. The van der Waals surface area contributed by atoms with Crippen LogP contribution in [-0.2, 0) is 0 Å². The van der Waals surface area contributed by atoms with Gasteiger partial charge in [-0.3, -0.25) is 10.1 Å². The third kappa shape index (κ3) is 5.40. The number of anilines is 1. The van der Waals surface area contributed by atoms with Crippen LogP contribution in [0.25, 0.3) is 39.4 Å². The maximum atomic E-state index is 13.6. The van der Waals surface area contributed by atoms with E-state index in [0.29, 0.717) is 22.7 Å². The molecule has 8 heteroatoms. The summed E-state index contributed by atoms with van der Waals surface area (Å²) >= 11 is 0. The van der Waals surface area contributed by atoms with Gasteiger partial charge < -0.3 is 10.3 Å². The second-order valence-electron chi connectivity index (χ2n) is 10.5. The number of aryl methyl sites for hydroxylation is 1. The number of rotatable bonds is 6. The average Bonchev–Trinajstić information content (AvgIpc) is 3.52. The van der Waals surface area contributed by atoms with Crippen molar-refractivity contribution in [3.05, 3.63) is 96.0 Å². The van der Waals surface area contributed by atoms with Gasteiger partial charge >= 0.3 is 0 Å². The summed E-state index contributed by atoms with van der Waals surface area (Å²) in [6.07, 6.45) is 5.34. The summed E-state index contributed by atoms with van der Waals surface area (Å²) in [5.41, 5.74) is 8.45. The predicted molar refractivity (Wildman–Crippen MR) is 159 cm³/mol. The summed E-state index contributed by atoms with van der Waals surface area (Å²) in [5.74, 6) is 6.16. The Hall–Kier alpha value is -5.03. The van der Waals surface area contributed by atoms with Crippen molar-refractivity contribution in [2.24, 2.45) is 5.41 Å². The lowest BCUT2D eigenvalue weighted by atomic mass is 9.93. The van der Waals surface area contributed by atoms with Crippen LogP contribution >= 0.6 is 0 Å². The molecule has 0 saturated heterocycles. The number of halogens is 1. The van der Waals surface area contributed by atoms with Crippen molar-refractivity contribution >= 4 is 22.3 Å². The zero-order valence-electron chi connectivity index (χ0n) is 23.1. The number of benzene rings is 1. The van der Waals surface area contributed by atoms with E-state index >= 15 is 0 Å². The van der Waals surface area contributed by atoms with Gasteiger partial charge in [0.1, 0.15) is 11.3 Å². The van der Waals surface area contributed by atoms with Crippen LogP contribution < -0.4 is 5.32 Å². The molecule has 0 aliphatic rings. The molecular weight excluding hydrogens is 501 g/mol. The Morgan fingerprint density at radius 3 is 2.58 bits per heavy atom. The van der Waals surface area contributed by atoms with Crippen molar-refractivity contribution in [1.82, 2.24) is 30.1 Å². The topological polar surface area (TPSA) is 95.2 Å². The van der Waals surface area contributed by atoms with E-state index in [-0.39, 0.29) is 11.2 Å². The van der Waals surface area contributed by atoms with Crippen LogP contribution in [0.5, 0.6) is 0 Å². The Morgan fingerprint density at radius 1 is 1.07 bits per heavy atom. The van der Waals surface area contributed by atoms with Gasteiger partial charge in [0, 0.05) is 34.1 Å². The third-order valence-corrected chi connectivity index (χ3v) is 6.52. The maximum Gasteiger partial charge on any atom is 0.161 e. The van der Waals surface area contributed by atoms with E-state index in [4.69, 9.17) is 9.97 Å². The van der Waals surface area contributed by atoms with Gasteiger partial charge in [-0.2, -0.15) is 5.10 Å². The fraction of sp³-hybridized carbons (Fsp3) is 0.188. The molecule has 1 aromatic carbocycles. The molecule has 0 aliphatic heterocycles. The number of H-pyrrole nitrogens is 2. The first-order valence-corrected chi connectivity index (χ1v) is 12.9. The molecule has 0 spiro atoms. The minimum atomic E-state index is -0.301. The maximum absolute atomic E-state index is 13.6. The number of aromatic nitrogens is 6. The van der Waals surface area contributed by atoms with Crippen LogP contribution in [0.2, 0.25) is 0 Å². The summed E-state index contributed by atoms with van der Waals surface area (Å²) in [5, 5.41) is 10.9. The first-order valence-electron chi connectivity index (χ1n) is 12.9. The van der Waals surface area contributed by atoms with Gasteiger partial charge in [-0.05, 0) is 55.8 Å². The fourth-order valence-electron chi connectivity index (χ4n) is 4.13. The zero-order chi connectivity index (χ0) is 28.4. The molecule has 4 aromatic heterocycles. The molecule has 5 rings (SSSR count). The molecule has 200 valence electrons. The molecule has 0 amide bonds. The van der Waals surface area contributed by atoms with Gasteiger partial charge in [-0.1, -0.05) is 45.4 Å². The van der Waals surface area contributed by atoms with E-state index in [2.05, 4.69) is 64.7 Å². The second-order valence-corrected chi connectivity index (χ2v) is 10.5. The Balaban J connectivity index is 1.53. The van der Waals surface area contributed by atoms with E-state index in [1.165, 1.54) is 12.1 Å². The summed E-state index contributed by atoms with van der Waals surface area (Å²) in [4.78, 5) is 17.6. The molecule has 40 heavy (non-hydrogen) atoms. The molecular formula is C32H30FN7. The molecule has 0 radical (unpaired) electrons. The number of allylic oxidation sites excluding steroid dienone is 2. The Kier molecular flexibility index (Phi) is 7.05. The highest BCUT2D eigenvalue weighted by molar-refractivity contribution is 5.90. The highest BCUT2D eigenvalue weighted by Gasteiger charge is 2.20. The molecule has 0 fully saturated rings. The minimum absolute atomic E-state index is 0.0895. The third-order valence-electron chi connectivity index (χ3n) is 6.52. The second kappa shape index (κ2) is 10.6. The number of pyridine rings is 2. The van der Waals surface area contributed by atoms with Crippen LogP contribution in [-0.4, -0.2) is 30.1 Å². The van der Waals surface area contributed by atoms with Crippen molar-refractivity contribution in [1.29, 1.82) is 0 Å². The van der Waals surface area contributed by atoms with Gasteiger partial charge in [0.25, 0.3) is 0 Å². The molecule has 0 atom stereocenters. The Morgan fingerprint density at radius 2 is 1.85 bits per heavy atom. The van der Waals surface area contributed by atoms with E-state index in [0.717, 1.165) is 45.0 Å². The number of fused-ring (bicyclic) bond motifs is 1. The smallest absolute Gasteiger partial charge is 0.161 e. The highest BCUT2D eigenvalue weighted by atomic mass is 19.1. The molecule has 0 unspecified atom stereocenters. The van der Waals surface area contributed by atoms with Crippen LogP contribution in [0.1, 0.15) is 44.6 Å². The Bertz CT molecular complexity index is 1810. The zero-order valence-corrected chi connectivity index (χ0v) is 23.1. The van der Waals surface area contributed by atoms with E-state index in [9.17, 15) is 4.39 Å². The molecule has 0 saturated carbocycles. The van der Waals surface area contributed by atoms with Crippen molar-refractivity contribution in [2.75, 3.05) is 5.32 Å². The van der Waals surface area contributed by atoms with E-state index in [1.54, 1.807) is 37.5 Å². The van der Waals surface area contributed by atoms with Gasteiger partial charge in [-0.25, -0.2) is 14.4 Å². The SMILES string of the molecule is C=C(Nc1cncc(-c2ccc3[nH]nc(-c4nc(/C(=C\C#CC)c5ccc(F)cc5)c(C)[nH]4)c3n2)c1)C(C)(C)C. The summed E-state index contributed by atoms with van der Waals surface area (Å²) < 4.78 is 13.6. The number of nitrogens with zero attached hydrogens (tertiary/aromatic N) is 4.